The molecule has 4 heteroatoms. The van der Waals surface area contributed by atoms with Crippen molar-refractivity contribution in [2.45, 2.75) is 27.7 Å². The van der Waals surface area contributed by atoms with Crippen LogP contribution in [0.4, 0.5) is 0 Å². The van der Waals surface area contributed by atoms with E-state index in [-0.39, 0.29) is 18.2 Å². The molecule has 0 fully saturated rings. The number of benzene rings is 2. The van der Waals surface area contributed by atoms with Gasteiger partial charge in [-0.05, 0) is 63.1 Å². The maximum Gasteiger partial charge on any atom is 0.129 e. The van der Waals surface area contributed by atoms with E-state index in [4.69, 9.17) is 0 Å². The zero-order valence-electron chi connectivity index (χ0n) is 14.0. The fraction of sp³-hybridized carbons (Fsp3) is 0.263. The molecule has 0 heterocycles. The Morgan fingerprint density at radius 2 is 1.17 bits per heavy atom. The average Bonchev–Trinajstić information content (AvgIpc) is 2.46. The molecule has 0 aromatic heterocycles. The van der Waals surface area contributed by atoms with E-state index in [1.807, 2.05) is 52.0 Å². The molecule has 2 rings (SSSR count). The molecule has 2 aromatic carbocycles. The van der Waals surface area contributed by atoms with Gasteiger partial charge in [0, 0.05) is 22.6 Å². The molecule has 4 nitrogen and oxygen atoms in total. The zero-order chi connectivity index (χ0) is 17.0. The Morgan fingerprint density at radius 1 is 0.783 bits per heavy atom. The molecule has 2 N–H and O–H groups in total. The normalized spacial score (nSPS) is 12.5. The second kappa shape index (κ2) is 7.09. The summed E-state index contributed by atoms with van der Waals surface area (Å²) in [6, 6.07) is 11.0. The maximum atomic E-state index is 9.96. The summed E-state index contributed by atoms with van der Waals surface area (Å²) in [5.41, 5.74) is 4.88. The highest BCUT2D eigenvalue weighted by Crippen LogP contribution is 2.20. The van der Waals surface area contributed by atoms with Crippen molar-refractivity contribution in [1.29, 1.82) is 0 Å². The van der Waals surface area contributed by atoms with Gasteiger partial charge in [-0.15, -0.1) is 0 Å². The molecule has 0 unspecified atom stereocenters. The minimum absolute atomic E-state index is 0.225. The number of phenolic OH excluding ortho intramolecular Hbond substituents is 2. The van der Waals surface area contributed by atoms with Gasteiger partial charge >= 0.3 is 0 Å². The summed E-state index contributed by atoms with van der Waals surface area (Å²) >= 11 is 0. The Bertz CT molecular complexity index is 711. The number of hydrogen-bond donors (Lipinski definition) is 2. The van der Waals surface area contributed by atoms with Crippen molar-refractivity contribution in [3.05, 3.63) is 58.7 Å². The van der Waals surface area contributed by atoms with E-state index in [2.05, 4.69) is 9.98 Å². The van der Waals surface area contributed by atoms with Crippen LogP contribution < -0.4 is 0 Å². The van der Waals surface area contributed by atoms with Gasteiger partial charge in [0.1, 0.15) is 18.2 Å². The molecule has 0 saturated carbocycles. The first-order valence-electron chi connectivity index (χ1n) is 7.50. The Labute approximate surface area is 136 Å². The first-order chi connectivity index (χ1) is 10.9. The van der Waals surface area contributed by atoms with Crippen molar-refractivity contribution < 1.29 is 10.2 Å². The lowest BCUT2D eigenvalue weighted by Gasteiger charge is -2.06. The predicted octanol–water partition coefficient (Wildman–Crippen LogP) is 3.99. The van der Waals surface area contributed by atoms with Gasteiger partial charge in [-0.3, -0.25) is 9.98 Å². The predicted molar refractivity (Wildman–Crippen MR) is 95.0 cm³/mol. The van der Waals surface area contributed by atoms with Gasteiger partial charge in [-0.1, -0.05) is 12.1 Å². The number of aryl methyl sites for hydroxylation is 2. The molecule has 2 aromatic rings. The third kappa shape index (κ3) is 4.19. The maximum absolute atomic E-state index is 9.96. The van der Waals surface area contributed by atoms with Crippen LogP contribution in [0.3, 0.4) is 0 Å². The van der Waals surface area contributed by atoms with Crippen molar-refractivity contribution in [2.75, 3.05) is 6.67 Å². The molecule has 23 heavy (non-hydrogen) atoms. The number of phenols is 2. The highest BCUT2D eigenvalue weighted by Gasteiger charge is 2.05. The SMILES string of the molecule is C/C(=N\C/N=C(\C)c1ccc(C)cc1O)c1ccc(C)cc1O. The van der Waals surface area contributed by atoms with E-state index < -0.39 is 0 Å². The summed E-state index contributed by atoms with van der Waals surface area (Å²) in [6.45, 7) is 7.80. The van der Waals surface area contributed by atoms with Crippen molar-refractivity contribution in [1.82, 2.24) is 0 Å². The van der Waals surface area contributed by atoms with Crippen LogP contribution in [0.5, 0.6) is 11.5 Å². The largest absolute Gasteiger partial charge is 0.507 e. The number of aromatic hydroxyl groups is 2. The molecule has 0 saturated heterocycles. The average molecular weight is 310 g/mol. The standard InChI is InChI=1S/C19H22N2O2/c1-12-5-7-16(18(22)9-12)14(3)20-11-21-15(4)17-8-6-13(2)10-19(17)23/h5-10,22-23H,11H2,1-4H3/b20-14+,21-15+. The summed E-state index contributed by atoms with van der Waals surface area (Å²) in [4.78, 5) is 8.77. The molecule has 0 amide bonds. The van der Waals surface area contributed by atoms with E-state index in [0.29, 0.717) is 11.1 Å². The van der Waals surface area contributed by atoms with Gasteiger partial charge in [0.15, 0.2) is 0 Å². The third-order valence-electron chi connectivity index (χ3n) is 3.70. The van der Waals surface area contributed by atoms with Crippen LogP contribution in [0.25, 0.3) is 0 Å². The number of rotatable bonds is 4. The Hall–Kier alpha value is -2.62. The van der Waals surface area contributed by atoms with Crippen molar-refractivity contribution in [3.8, 4) is 11.5 Å². The first-order valence-corrected chi connectivity index (χ1v) is 7.50. The molecule has 0 bridgehead atoms. The van der Waals surface area contributed by atoms with Gasteiger partial charge < -0.3 is 10.2 Å². The van der Waals surface area contributed by atoms with Crippen LogP contribution in [-0.2, 0) is 0 Å². The van der Waals surface area contributed by atoms with Crippen molar-refractivity contribution in [3.63, 3.8) is 0 Å². The summed E-state index contributed by atoms with van der Waals surface area (Å²) in [6.07, 6.45) is 0. The highest BCUT2D eigenvalue weighted by molar-refractivity contribution is 6.02. The molecule has 120 valence electrons. The minimum atomic E-state index is 0.225. The lowest BCUT2D eigenvalue weighted by atomic mass is 10.1. The van der Waals surface area contributed by atoms with E-state index in [1.54, 1.807) is 12.1 Å². The number of nitrogens with zero attached hydrogens (tertiary/aromatic N) is 2. The Morgan fingerprint density at radius 3 is 1.52 bits per heavy atom. The van der Waals surface area contributed by atoms with Gasteiger partial charge in [0.05, 0.1) is 0 Å². The van der Waals surface area contributed by atoms with Crippen LogP contribution >= 0.6 is 0 Å². The van der Waals surface area contributed by atoms with Gasteiger partial charge in [0.25, 0.3) is 0 Å². The van der Waals surface area contributed by atoms with Crippen molar-refractivity contribution >= 4 is 11.4 Å². The van der Waals surface area contributed by atoms with E-state index in [9.17, 15) is 10.2 Å². The molecule has 0 aliphatic heterocycles. The van der Waals surface area contributed by atoms with Crippen LogP contribution in [0.1, 0.15) is 36.1 Å². The van der Waals surface area contributed by atoms with E-state index in [1.165, 1.54) is 0 Å². The Kier molecular flexibility index (Phi) is 5.16. The second-order valence-corrected chi connectivity index (χ2v) is 5.67. The quantitative estimate of drug-likeness (QED) is 0.839. The minimum Gasteiger partial charge on any atom is -0.507 e. The Balaban J connectivity index is 2.15. The highest BCUT2D eigenvalue weighted by atomic mass is 16.3. The number of aliphatic imine (C=N–C) groups is 2. The van der Waals surface area contributed by atoms with Crippen LogP contribution in [-0.4, -0.2) is 28.3 Å². The molecule has 0 spiro atoms. The van der Waals surface area contributed by atoms with Crippen LogP contribution in [0.2, 0.25) is 0 Å². The first kappa shape index (κ1) is 16.7. The van der Waals surface area contributed by atoms with Crippen molar-refractivity contribution in [2.24, 2.45) is 9.98 Å². The molecular formula is C19H22N2O2. The lowest BCUT2D eigenvalue weighted by molar-refractivity contribution is 0.473. The second-order valence-electron chi connectivity index (χ2n) is 5.67. The fourth-order valence-electron chi connectivity index (χ4n) is 2.31. The third-order valence-corrected chi connectivity index (χ3v) is 3.70. The van der Waals surface area contributed by atoms with Gasteiger partial charge in [0.2, 0.25) is 0 Å². The fourth-order valence-corrected chi connectivity index (χ4v) is 2.31. The molecule has 0 atom stereocenters. The summed E-state index contributed by atoms with van der Waals surface area (Å²) in [5, 5.41) is 19.9. The molecule has 0 radical (unpaired) electrons. The van der Waals surface area contributed by atoms with Gasteiger partial charge in [-0.25, -0.2) is 0 Å². The van der Waals surface area contributed by atoms with Crippen LogP contribution in [0, 0.1) is 13.8 Å². The lowest BCUT2D eigenvalue weighted by Crippen LogP contribution is -2.00. The summed E-state index contributed by atoms with van der Waals surface area (Å²) < 4.78 is 0. The van der Waals surface area contributed by atoms with Gasteiger partial charge in [-0.2, -0.15) is 0 Å². The topological polar surface area (TPSA) is 65.2 Å². The summed E-state index contributed by atoms with van der Waals surface area (Å²) in [7, 11) is 0. The zero-order valence-corrected chi connectivity index (χ0v) is 14.0. The van der Waals surface area contributed by atoms with E-state index in [0.717, 1.165) is 22.6 Å². The molecule has 0 aliphatic carbocycles. The smallest absolute Gasteiger partial charge is 0.129 e. The molecule has 0 aliphatic rings. The molecular weight excluding hydrogens is 288 g/mol. The van der Waals surface area contributed by atoms with Crippen LogP contribution in [0.15, 0.2) is 46.4 Å². The van der Waals surface area contributed by atoms with E-state index >= 15 is 0 Å². The number of hydrogen-bond acceptors (Lipinski definition) is 4. The summed E-state index contributed by atoms with van der Waals surface area (Å²) in [5.74, 6) is 0.450. The monoisotopic (exact) mass is 310 g/mol.